The number of rotatable bonds is 9. The van der Waals surface area contributed by atoms with E-state index in [1.54, 1.807) is 17.4 Å². The van der Waals surface area contributed by atoms with E-state index in [1.165, 1.54) is 6.08 Å². The average molecular weight is 438 g/mol. The number of carbonyl (C=O) groups excluding carboxylic acids is 2. The van der Waals surface area contributed by atoms with E-state index in [4.69, 9.17) is 9.84 Å². The summed E-state index contributed by atoms with van der Waals surface area (Å²) < 4.78 is 6.93. The first-order valence-corrected chi connectivity index (χ1v) is 11.1. The number of ether oxygens (including phenoxy) is 1. The highest BCUT2D eigenvalue weighted by Gasteiger charge is 2.13. The summed E-state index contributed by atoms with van der Waals surface area (Å²) in [6.07, 6.45) is 4.92. The minimum atomic E-state index is -0.569. The van der Waals surface area contributed by atoms with E-state index >= 15 is 0 Å². The Morgan fingerprint density at radius 3 is 2.61 bits per heavy atom. The average Bonchev–Trinajstić information content (AvgIpc) is 3.41. The number of thiophene rings is 1. The van der Waals surface area contributed by atoms with Gasteiger partial charge in [0.25, 0.3) is 5.91 Å². The smallest absolute Gasteiger partial charge is 0.331 e. The third kappa shape index (κ3) is 6.65. The van der Waals surface area contributed by atoms with Crippen molar-refractivity contribution >= 4 is 29.3 Å². The van der Waals surface area contributed by atoms with Gasteiger partial charge in [-0.05, 0) is 35.9 Å². The summed E-state index contributed by atoms with van der Waals surface area (Å²) in [7, 11) is 0. The Balaban J connectivity index is 1.67. The van der Waals surface area contributed by atoms with Gasteiger partial charge in [-0.3, -0.25) is 9.48 Å². The van der Waals surface area contributed by atoms with Crippen LogP contribution in [0.5, 0.6) is 0 Å². The van der Waals surface area contributed by atoms with Crippen LogP contribution >= 0.6 is 11.3 Å². The van der Waals surface area contributed by atoms with E-state index in [0.717, 1.165) is 21.7 Å². The van der Waals surface area contributed by atoms with Gasteiger partial charge in [0.15, 0.2) is 6.61 Å². The number of aromatic nitrogens is 2. The van der Waals surface area contributed by atoms with Crippen LogP contribution in [-0.4, -0.2) is 34.3 Å². The van der Waals surface area contributed by atoms with Gasteiger partial charge < -0.3 is 10.1 Å². The van der Waals surface area contributed by atoms with E-state index in [1.807, 2.05) is 79.5 Å². The molecule has 3 rings (SSSR count). The van der Waals surface area contributed by atoms with Crippen LogP contribution in [0, 0.1) is 5.92 Å². The topological polar surface area (TPSA) is 73.2 Å². The zero-order valence-electron chi connectivity index (χ0n) is 17.9. The fraction of sp³-hybridized carbons (Fsp3) is 0.292. The maximum atomic E-state index is 12.1. The van der Waals surface area contributed by atoms with Crippen molar-refractivity contribution in [3.05, 3.63) is 71.2 Å². The van der Waals surface area contributed by atoms with E-state index in [-0.39, 0.29) is 18.6 Å². The molecule has 1 N–H and O–H groups in total. The van der Waals surface area contributed by atoms with Crippen LogP contribution in [0.2, 0.25) is 0 Å². The number of hydrogen-bond acceptors (Lipinski definition) is 5. The minimum absolute atomic E-state index is 0.0190. The molecule has 162 valence electrons. The van der Waals surface area contributed by atoms with Crippen molar-refractivity contribution in [2.45, 2.75) is 33.4 Å². The highest BCUT2D eigenvalue weighted by Crippen LogP contribution is 2.27. The second-order valence-electron chi connectivity index (χ2n) is 7.63. The number of amides is 1. The Morgan fingerprint density at radius 2 is 1.94 bits per heavy atom. The number of esters is 1. The molecule has 0 radical (unpaired) electrons. The van der Waals surface area contributed by atoms with Crippen LogP contribution in [-0.2, 0) is 20.9 Å². The van der Waals surface area contributed by atoms with Crippen LogP contribution in [0.15, 0.2) is 60.1 Å². The summed E-state index contributed by atoms with van der Waals surface area (Å²) >= 11 is 1.59. The Labute approximate surface area is 186 Å². The molecule has 2 heterocycles. The van der Waals surface area contributed by atoms with Gasteiger partial charge in [-0.25, -0.2) is 4.79 Å². The van der Waals surface area contributed by atoms with Gasteiger partial charge in [-0.1, -0.05) is 50.2 Å². The molecule has 0 aliphatic carbocycles. The van der Waals surface area contributed by atoms with Crippen LogP contribution in [0.4, 0.5) is 0 Å². The molecule has 1 amide bonds. The lowest BCUT2D eigenvalue weighted by molar-refractivity contribution is -0.144. The van der Waals surface area contributed by atoms with E-state index < -0.39 is 5.97 Å². The summed E-state index contributed by atoms with van der Waals surface area (Å²) in [6, 6.07) is 14.0. The fourth-order valence-corrected chi connectivity index (χ4v) is 3.55. The Bertz CT molecular complexity index is 1020. The second-order valence-corrected chi connectivity index (χ2v) is 8.58. The first-order chi connectivity index (χ1) is 14.9. The third-order valence-corrected chi connectivity index (χ3v) is 5.74. The van der Waals surface area contributed by atoms with E-state index in [9.17, 15) is 9.59 Å². The molecular formula is C24H27N3O3S. The quantitative estimate of drug-likeness (QED) is 0.398. The number of carbonyl (C=O) groups is 2. The first kappa shape index (κ1) is 22.5. The molecule has 7 heteroatoms. The SMILES string of the molecule is CC(C)[C@@H](C)NC(=O)COC(=O)/C=C\c1cn(Cc2ccccc2)nc1-c1cccs1. The molecule has 0 saturated heterocycles. The number of nitrogens with zero attached hydrogens (tertiary/aromatic N) is 2. The van der Waals surface area contributed by atoms with Crippen LogP contribution in [0.25, 0.3) is 16.6 Å². The molecule has 0 bridgehead atoms. The lowest BCUT2D eigenvalue weighted by Crippen LogP contribution is -2.38. The molecular weight excluding hydrogens is 410 g/mol. The molecule has 0 fully saturated rings. The molecule has 0 aliphatic heterocycles. The summed E-state index contributed by atoms with van der Waals surface area (Å²) in [6.45, 7) is 6.28. The molecule has 6 nitrogen and oxygen atoms in total. The van der Waals surface area contributed by atoms with Crippen molar-refractivity contribution < 1.29 is 14.3 Å². The molecule has 3 aromatic rings. The van der Waals surface area contributed by atoms with Gasteiger partial charge >= 0.3 is 5.97 Å². The third-order valence-electron chi connectivity index (χ3n) is 4.87. The number of benzene rings is 1. The monoisotopic (exact) mass is 437 g/mol. The molecule has 0 aliphatic rings. The van der Waals surface area contributed by atoms with Gasteiger partial charge in [0.1, 0.15) is 5.69 Å². The lowest BCUT2D eigenvalue weighted by Gasteiger charge is -2.16. The zero-order chi connectivity index (χ0) is 22.2. The van der Waals surface area contributed by atoms with Crippen LogP contribution in [0.3, 0.4) is 0 Å². The molecule has 31 heavy (non-hydrogen) atoms. The Kier molecular flexibility index (Phi) is 7.78. The lowest BCUT2D eigenvalue weighted by atomic mass is 10.1. The maximum absolute atomic E-state index is 12.1. The van der Waals surface area contributed by atoms with Crippen LogP contribution in [0.1, 0.15) is 31.9 Å². The normalized spacial score (nSPS) is 12.3. The van der Waals surface area contributed by atoms with E-state index in [0.29, 0.717) is 12.5 Å². The van der Waals surface area contributed by atoms with E-state index in [2.05, 4.69) is 5.32 Å². The summed E-state index contributed by atoms with van der Waals surface area (Å²) in [4.78, 5) is 25.0. The molecule has 0 unspecified atom stereocenters. The maximum Gasteiger partial charge on any atom is 0.331 e. The van der Waals surface area contributed by atoms with Crippen molar-refractivity contribution in [2.24, 2.45) is 5.92 Å². The molecule has 2 aromatic heterocycles. The molecule has 0 spiro atoms. The number of hydrogen-bond donors (Lipinski definition) is 1. The largest absolute Gasteiger partial charge is 0.452 e. The predicted octanol–water partition coefficient (Wildman–Crippen LogP) is 4.38. The van der Waals surface area contributed by atoms with Crippen molar-refractivity contribution in [1.82, 2.24) is 15.1 Å². The van der Waals surface area contributed by atoms with Crippen molar-refractivity contribution in [3.8, 4) is 10.6 Å². The van der Waals surface area contributed by atoms with Crippen LogP contribution < -0.4 is 5.32 Å². The summed E-state index contributed by atoms with van der Waals surface area (Å²) in [5, 5.41) is 9.51. The Hall–Kier alpha value is -3.19. The highest BCUT2D eigenvalue weighted by atomic mass is 32.1. The van der Waals surface area contributed by atoms with Gasteiger partial charge in [-0.15, -0.1) is 11.3 Å². The van der Waals surface area contributed by atoms with Crippen molar-refractivity contribution in [1.29, 1.82) is 0 Å². The van der Waals surface area contributed by atoms with Gasteiger partial charge in [0, 0.05) is 23.9 Å². The van der Waals surface area contributed by atoms with Gasteiger partial charge in [0.2, 0.25) is 0 Å². The van der Waals surface area contributed by atoms with Gasteiger partial charge in [0.05, 0.1) is 11.4 Å². The van der Waals surface area contributed by atoms with Gasteiger partial charge in [-0.2, -0.15) is 5.10 Å². The highest BCUT2D eigenvalue weighted by molar-refractivity contribution is 7.13. The summed E-state index contributed by atoms with van der Waals surface area (Å²) in [5.41, 5.74) is 2.76. The first-order valence-electron chi connectivity index (χ1n) is 10.2. The molecule has 1 aromatic carbocycles. The summed E-state index contributed by atoms with van der Waals surface area (Å²) in [5.74, 6) is -0.569. The molecule has 0 saturated carbocycles. The van der Waals surface area contributed by atoms with Crippen molar-refractivity contribution in [2.75, 3.05) is 6.61 Å². The predicted molar refractivity (Wildman–Crippen MR) is 124 cm³/mol. The fourth-order valence-electron chi connectivity index (χ4n) is 2.82. The number of nitrogens with one attached hydrogen (secondary N) is 1. The molecule has 1 atom stereocenters. The minimum Gasteiger partial charge on any atom is -0.452 e. The standard InChI is InChI=1S/C24H27N3O3S/c1-17(2)18(3)25-22(28)16-30-23(29)12-11-20-15-27(14-19-8-5-4-6-9-19)26-24(20)21-10-7-13-31-21/h4-13,15,17-18H,14,16H2,1-3H3,(H,25,28)/b12-11-/t18-/m1/s1. The van der Waals surface area contributed by atoms with Crippen molar-refractivity contribution in [3.63, 3.8) is 0 Å². The Morgan fingerprint density at radius 1 is 1.16 bits per heavy atom. The second kappa shape index (κ2) is 10.7. The zero-order valence-corrected chi connectivity index (χ0v) is 18.8.